The van der Waals surface area contributed by atoms with Crippen molar-refractivity contribution in [3.05, 3.63) is 65.7 Å². The summed E-state index contributed by atoms with van der Waals surface area (Å²) in [7, 11) is 1.68. The fourth-order valence-corrected chi connectivity index (χ4v) is 4.58. The van der Waals surface area contributed by atoms with Crippen molar-refractivity contribution in [2.45, 2.75) is 25.4 Å². The normalized spacial score (nSPS) is 28.8. The van der Waals surface area contributed by atoms with E-state index in [1.54, 1.807) is 7.11 Å². The number of piperidine rings is 3. The number of benzene rings is 2. The lowest BCUT2D eigenvalue weighted by atomic mass is 9.76. The van der Waals surface area contributed by atoms with Crippen molar-refractivity contribution in [3.63, 3.8) is 0 Å². The highest BCUT2D eigenvalue weighted by atomic mass is 16.5. The second-order valence-electron chi connectivity index (χ2n) is 7.16. The number of carbonyl (C=O) groups excluding carboxylic acids is 1. The molecule has 2 aromatic carbocycles. The maximum absolute atomic E-state index is 13.1. The van der Waals surface area contributed by atoms with Crippen LogP contribution in [0.5, 0.6) is 5.75 Å². The maximum atomic E-state index is 13.1. The molecule has 0 spiro atoms. The van der Waals surface area contributed by atoms with Gasteiger partial charge in [-0.15, -0.1) is 0 Å². The smallest absolute Gasteiger partial charge is 0.198 e. The van der Waals surface area contributed by atoms with E-state index in [1.807, 2.05) is 12.1 Å². The number of rotatable bonds is 4. The Balaban J connectivity index is 1.72. The van der Waals surface area contributed by atoms with Crippen LogP contribution in [-0.2, 0) is 11.3 Å². The predicted molar refractivity (Wildman–Crippen MR) is 93.6 cm³/mol. The first-order valence-electron chi connectivity index (χ1n) is 8.79. The van der Waals surface area contributed by atoms with Gasteiger partial charge in [0.2, 0.25) is 0 Å². The topological polar surface area (TPSA) is 26.3 Å². The number of methoxy groups -OCH3 is 1. The van der Waals surface area contributed by atoms with Crippen LogP contribution in [0.25, 0.3) is 0 Å². The number of Topliss-reactive ketones (excluding diaryl/α,β-unsaturated/α-hetero) is 1. The van der Waals surface area contributed by atoms with Gasteiger partial charge >= 0.3 is 0 Å². The van der Waals surface area contributed by atoms with E-state index in [0.717, 1.165) is 48.3 Å². The summed E-state index contributed by atoms with van der Waals surface area (Å²) in [6.45, 7) is 3.14. The summed E-state index contributed by atoms with van der Waals surface area (Å²) in [4.78, 5) is 13.1. The lowest BCUT2D eigenvalue weighted by Crippen LogP contribution is -2.63. The second-order valence-corrected chi connectivity index (χ2v) is 7.16. The van der Waals surface area contributed by atoms with Crippen LogP contribution in [0.15, 0.2) is 54.6 Å². The third kappa shape index (κ3) is 2.53. The van der Waals surface area contributed by atoms with Crippen LogP contribution < -0.4 is 4.74 Å². The van der Waals surface area contributed by atoms with Crippen molar-refractivity contribution in [1.29, 1.82) is 0 Å². The summed E-state index contributed by atoms with van der Waals surface area (Å²) in [5.74, 6) is 1.54. The molecule has 0 aromatic heterocycles. The van der Waals surface area contributed by atoms with Crippen molar-refractivity contribution < 1.29 is 14.0 Å². The summed E-state index contributed by atoms with van der Waals surface area (Å²) >= 11 is 0. The van der Waals surface area contributed by atoms with Gasteiger partial charge in [0.15, 0.2) is 11.8 Å². The highest BCUT2D eigenvalue weighted by Gasteiger charge is 2.53. The molecule has 5 rings (SSSR count). The molecule has 3 heteroatoms. The zero-order valence-electron chi connectivity index (χ0n) is 14.2. The number of ether oxygens (including phenoxy) is 1. The number of ketones is 1. The minimum Gasteiger partial charge on any atom is -0.497 e. The van der Waals surface area contributed by atoms with Gasteiger partial charge in [0.1, 0.15) is 12.3 Å². The van der Waals surface area contributed by atoms with E-state index >= 15 is 0 Å². The zero-order chi connectivity index (χ0) is 16.6. The molecule has 124 valence electrons. The van der Waals surface area contributed by atoms with Crippen LogP contribution in [0.3, 0.4) is 0 Å². The van der Waals surface area contributed by atoms with Gasteiger partial charge in [-0.2, -0.15) is 0 Å². The van der Waals surface area contributed by atoms with Crippen LogP contribution in [0, 0.1) is 5.92 Å². The Morgan fingerprint density at radius 3 is 2.29 bits per heavy atom. The quantitative estimate of drug-likeness (QED) is 0.802. The zero-order valence-corrected chi connectivity index (χ0v) is 14.2. The molecule has 0 radical (unpaired) electrons. The monoisotopic (exact) mass is 322 g/mol. The Morgan fingerprint density at radius 1 is 1.00 bits per heavy atom. The van der Waals surface area contributed by atoms with E-state index in [0.29, 0.717) is 5.78 Å². The molecule has 2 aromatic rings. The summed E-state index contributed by atoms with van der Waals surface area (Å²) in [5, 5.41) is 0. The predicted octanol–water partition coefficient (Wildman–Crippen LogP) is 3.75. The third-order valence-corrected chi connectivity index (χ3v) is 5.84. The van der Waals surface area contributed by atoms with Crippen molar-refractivity contribution in [1.82, 2.24) is 0 Å². The van der Waals surface area contributed by atoms with E-state index < -0.39 is 0 Å². The molecule has 0 aliphatic carbocycles. The largest absolute Gasteiger partial charge is 0.497 e. The Hall–Kier alpha value is -2.13. The van der Waals surface area contributed by atoms with E-state index in [4.69, 9.17) is 4.74 Å². The van der Waals surface area contributed by atoms with Crippen molar-refractivity contribution in [2.24, 2.45) is 5.92 Å². The van der Waals surface area contributed by atoms with Crippen LogP contribution in [0.1, 0.15) is 30.0 Å². The Labute approximate surface area is 143 Å². The third-order valence-electron chi connectivity index (χ3n) is 5.84. The molecule has 2 bridgehead atoms. The molecule has 3 aliphatic rings. The number of hydrogen-bond acceptors (Lipinski definition) is 2. The van der Waals surface area contributed by atoms with Crippen LogP contribution in [0.2, 0.25) is 0 Å². The van der Waals surface area contributed by atoms with Gasteiger partial charge in [-0.05, 0) is 24.3 Å². The van der Waals surface area contributed by atoms with E-state index in [2.05, 4.69) is 42.5 Å². The van der Waals surface area contributed by atoms with Crippen LogP contribution in [-0.4, -0.2) is 30.5 Å². The standard InChI is InChI=1S/C21H24NO2/c1-24-19-9-7-17(8-10-19)20-21(23)18-11-13-22(20,14-12-18)15-16-5-3-2-4-6-16/h2-10,18,20H,11-15H2,1H3/q+1. The molecular weight excluding hydrogens is 298 g/mol. The number of hydrogen-bond donors (Lipinski definition) is 0. The van der Waals surface area contributed by atoms with Gasteiger partial charge in [0, 0.05) is 29.9 Å². The highest BCUT2D eigenvalue weighted by Crippen LogP contribution is 2.45. The Morgan fingerprint density at radius 2 is 1.67 bits per heavy atom. The fraction of sp³-hybridized carbons (Fsp3) is 0.381. The van der Waals surface area contributed by atoms with Gasteiger partial charge in [-0.1, -0.05) is 30.3 Å². The number of nitrogens with zero attached hydrogens (tertiary/aromatic N) is 1. The molecule has 3 heterocycles. The molecule has 24 heavy (non-hydrogen) atoms. The average Bonchev–Trinajstić information content (AvgIpc) is 2.63. The second kappa shape index (κ2) is 6.06. The lowest BCUT2D eigenvalue weighted by Gasteiger charge is -2.53. The first kappa shape index (κ1) is 15.4. The van der Waals surface area contributed by atoms with E-state index in [9.17, 15) is 4.79 Å². The summed E-state index contributed by atoms with van der Waals surface area (Å²) < 4.78 is 6.16. The minimum atomic E-state index is -0.0244. The van der Waals surface area contributed by atoms with Gasteiger partial charge in [-0.25, -0.2) is 0 Å². The van der Waals surface area contributed by atoms with Gasteiger partial charge < -0.3 is 9.22 Å². The number of carbonyl (C=O) groups is 1. The van der Waals surface area contributed by atoms with Crippen molar-refractivity contribution in [3.8, 4) is 5.75 Å². The molecule has 0 N–H and O–H groups in total. The first-order chi connectivity index (χ1) is 11.7. The number of fused-ring (bicyclic) bond motifs is 3. The average molecular weight is 322 g/mol. The number of quaternary nitrogens is 1. The SMILES string of the molecule is COc1ccc(C2C(=O)C3CC[N+]2(Cc2ccccc2)CC3)cc1. The fourth-order valence-electron chi connectivity index (χ4n) is 4.58. The van der Waals surface area contributed by atoms with E-state index in [1.165, 1.54) is 5.56 Å². The lowest BCUT2D eigenvalue weighted by molar-refractivity contribution is -0.970. The van der Waals surface area contributed by atoms with Crippen molar-refractivity contribution in [2.75, 3.05) is 20.2 Å². The molecule has 0 amide bonds. The van der Waals surface area contributed by atoms with Gasteiger partial charge in [-0.3, -0.25) is 4.79 Å². The molecule has 3 aliphatic heterocycles. The van der Waals surface area contributed by atoms with Gasteiger partial charge in [0.05, 0.1) is 20.2 Å². The van der Waals surface area contributed by atoms with Crippen LogP contribution >= 0.6 is 0 Å². The Bertz CT molecular complexity index is 715. The minimum absolute atomic E-state index is 0.0244. The molecule has 0 saturated carbocycles. The maximum Gasteiger partial charge on any atom is 0.198 e. The molecule has 1 atom stereocenters. The highest BCUT2D eigenvalue weighted by molar-refractivity contribution is 5.87. The van der Waals surface area contributed by atoms with E-state index in [-0.39, 0.29) is 12.0 Å². The first-order valence-corrected chi connectivity index (χ1v) is 8.79. The summed E-state index contributed by atoms with van der Waals surface area (Å²) in [6.07, 6.45) is 2.08. The summed E-state index contributed by atoms with van der Waals surface area (Å²) in [5.41, 5.74) is 2.46. The molecular formula is C21H24NO2+. The molecule has 1 unspecified atom stereocenters. The van der Waals surface area contributed by atoms with Crippen LogP contribution in [0.4, 0.5) is 0 Å². The molecule has 3 nitrogen and oxygen atoms in total. The molecule has 3 fully saturated rings. The van der Waals surface area contributed by atoms with Gasteiger partial charge in [0.25, 0.3) is 0 Å². The molecule has 3 saturated heterocycles. The van der Waals surface area contributed by atoms with Crippen molar-refractivity contribution >= 4 is 5.78 Å². The summed E-state index contributed by atoms with van der Waals surface area (Å²) in [6, 6.07) is 18.7. The Kier molecular flexibility index (Phi) is 3.89.